The van der Waals surface area contributed by atoms with E-state index >= 15 is 0 Å². The van der Waals surface area contributed by atoms with E-state index in [0.29, 0.717) is 28.7 Å². The number of hydrogen-bond acceptors (Lipinski definition) is 2. The van der Waals surface area contributed by atoms with Crippen LogP contribution in [-0.2, 0) is 9.53 Å². The lowest BCUT2D eigenvalue weighted by Gasteiger charge is -2.62. The summed E-state index contributed by atoms with van der Waals surface area (Å²) in [6.07, 6.45) is 10.0. The highest BCUT2D eigenvalue weighted by Crippen LogP contribution is 2.67. The first-order valence-corrected chi connectivity index (χ1v) is 11.1. The van der Waals surface area contributed by atoms with Gasteiger partial charge in [-0.3, -0.25) is 4.79 Å². The summed E-state index contributed by atoms with van der Waals surface area (Å²) in [7, 11) is 3.92. The molecule has 0 spiro atoms. The molecular weight excluding hydrogens is 322 g/mol. The van der Waals surface area contributed by atoms with E-state index in [1.165, 1.54) is 38.5 Å². The second kappa shape index (κ2) is 6.50. The first-order valence-electron chi connectivity index (χ1n) is 11.1. The summed E-state index contributed by atoms with van der Waals surface area (Å²) in [5, 5.41) is 0. The molecule has 4 aliphatic rings. The summed E-state index contributed by atoms with van der Waals surface area (Å²) in [5.74, 6) is 4.49. The minimum absolute atomic E-state index is 0.350. The highest BCUT2D eigenvalue weighted by atomic mass is 16.5. The Morgan fingerprint density at radius 3 is 2.54 bits per heavy atom. The van der Waals surface area contributed by atoms with Crippen molar-refractivity contribution < 1.29 is 9.53 Å². The Morgan fingerprint density at radius 1 is 1.08 bits per heavy atom. The third-order valence-electron chi connectivity index (χ3n) is 9.75. The molecule has 0 bridgehead atoms. The SMILES string of the molecule is COCC(C)[C@H]1CC[C@H]2[C@@H]3CCC4N(C)C(=O)CC[C@]4(C)[C@H]3CC[C@]12C. The summed E-state index contributed by atoms with van der Waals surface area (Å²) in [6, 6.07) is 0.485. The number of carbonyl (C=O) groups excluding carboxylic acids is 1. The summed E-state index contributed by atoms with van der Waals surface area (Å²) in [5.41, 5.74) is 0.863. The van der Waals surface area contributed by atoms with Crippen LogP contribution >= 0.6 is 0 Å². The Labute approximate surface area is 160 Å². The number of fused-ring (bicyclic) bond motifs is 5. The van der Waals surface area contributed by atoms with Crippen molar-refractivity contribution in [1.82, 2.24) is 4.90 Å². The molecule has 148 valence electrons. The number of ether oxygens (including phenoxy) is 1. The molecule has 3 nitrogen and oxygen atoms in total. The molecule has 26 heavy (non-hydrogen) atoms. The summed E-state index contributed by atoms with van der Waals surface area (Å²) < 4.78 is 5.52. The fourth-order valence-corrected chi connectivity index (χ4v) is 8.50. The average Bonchev–Trinajstić information content (AvgIpc) is 2.96. The van der Waals surface area contributed by atoms with Crippen LogP contribution in [0.15, 0.2) is 0 Å². The molecule has 1 heterocycles. The van der Waals surface area contributed by atoms with Crippen LogP contribution in [0, 0.1) is 40.4 Å². The molecule has 0 radical (unpaired) electrons. The molecule has 3 saturated carbocycles. The second-order valence-electron chi connectivity index (χ2n) is 10.6. The molecule has 0 aromatic heterocycles. The number of likely N-dealkylation sites (tertiary alicyclic amines) is 1. The average molecular weight is 362 g/mol. The van der Waals surface area contributed by atoms with Crippen LogP contribution in [-0.4, -0.2) is 37.6 Å². The Balaban J connectivity index is 1.58. The number of hydrogen-bond donors (Lipinski definition) is 0. The summed E-state index contributed by atoms with van der Waals surface area (Å²) >= 11 is 0. The van der Waals surface area contributed by atoms with Crippen LogP contribution in [0.1, 0.15) is 72.1 Å². The number of methoxy groups -OCH3 is 1. The zero-order valence-corrected chi connectivity index (χ0v) is 17.6. The predicted molar refractivity (Wildman–Crippen MR) is 105 cm³/mol. The third-order valence-corrected chi connectivity index (χ3v) is 9.75. The molecule has 1 aliphatic heterocycles. The fourth-order valence-electron chi connectivity index (χ4n) is 8.50. The number of piperidine rings is 1. The minimum atomic E-state index is 0.350. The van der Waals surface area contributed by atoms with E-state index in [9.17, 15) is 4.79 Å². The van der Waals surface area contributed by atoms with Gasteiger partial charge in [-0.25, -0.2) is 0 Å². The van der Waals surface area contributed by atoms with Gasteiger partial charge in [0.1, 0.15) is 0 Å². The first-order chi connectivity index (χ1) is 12.3. The van der Waals surface area contributed by atoms with Gasteiger partial charge in [0.2, 0.25) is 5.91 Å². The molecule has 0 aromatic carbocycles. The highest BCUT2D eigenvalue weighted by molar-refractivity contribution is 5.77. The topological polar surface area (TPSA) is 29.5 Å². The molecule has 2 unspecified atom stereocenters. The molecule has 4 rings (SSSR count). The van der Waals surface area contributed by atoms with Crippen LogP contribution in [0.4, 0.5) is 0 Å². The fraction of sp³-hybridized carbons (Fsp3) is 0.957. The summed E-state index contributed by atoms with van der Waals surface area (Å²) in [6.45, 7) is 8.46. The smallest absolute Gasteiger partial charge is 0.222 e. The standard InChI is InChI=1S/C23H39NO2/c1-15(14-26-5)17-7-8-18-16-6-9-20-23(3,13-11-21(25)24(20)4)19(16)10-12-22(17,18)2/h15-20H,6-14H2,1-5H3/t15?,16-,17+,18-,19-,20?,22+,23+/m0/s1. The Bertz CT molecular complexity index is 562. The molecule has 8 atom stereocenters. The molecule has 1 saturated heterocycles. The Kier molecular flexibility index (Phi) is 4.69. The number of rotatable bonds is 3. The van der Waals surface area contributed by atoms with Crippen molar-refractivity contribution in [2.24, 2.45) is 40.4 Å². The van der Waals surface area contributed by atoms with Crippen LogP contribution in [0.2, 0.25) is 0 Å². The van der Waals surface area contributed by atoms with Gasteiger partial charge >= 0.3 is 0 Å². The minimum Gasteiger partial charge on any atom is -0.384 e. The summed E-state index contributed by atoms with van der Waals surface area (Å²) in [4.78, 5) is 14.4. The molecule has 3 heteroatoms. The lowest BCUT2D eigenvalue weighted by molar-refractivity contribution is -0.159. The molecule has 3 aliphatic carbocycles. The van der Waals surface area contributed by atoms with Gasteiger partial charge in [-0.15, -0.1) is 0 Å². The molecule has 0 N–H and O–H groups in total. The predicted octanol–water partition coefficient (Wildman–Crippen LogP) is 4.75. The van der Waals surface area contributed by atoms with E-state index in [-0.39, 0.29) is 0 Å². The maximum absolute atomic E-state index is 12.3. The zero-order valence-electron chi connectivity index (χ0n) is 17.6. The second-order valence-corrected chi connectivity index (χ2v) is 10.6. The maximum Gasteiger partial charge on any atom is 0.222 e. The monoisotopic (exact) mass is 361 g/mol. The van der Waals surface area contributed by atoms with Crippen LogP contribution in [0.3, 0.4) is 0 Å². The van der Waals surface area contributed by atoms with E-state index in [1.807, 2.05) is 7.11 Å². The largest absolute Gasteiger partial charge is 0.384 e. The molecular formula is C23H39NO2. The molecule has 4 fully saturated rings. The first kappa shape index (κ1) is 18.8. The molecule has 1 amide bonds. The quantitative estimate of drug-likeness (QED) is 0.726. The van der Waals surface area contributed by atoms with Gasteiger partial charge in [-0.2, -0.15) is 0 Å². The maximum atomic E-state index is 12.3. The van der Waals surface area contributed by atoms with Crippen molar-refractivity contribution >= 4 is 5.91 Å². The van der Waals surface area contributed by atoms with Crippen LogP contribution in [0.25, 0.3) is 0 Å². The van der Waals surface area contributed by atoms with Crippen molar-refractivity contribution in [3.05, 3.63) is 0 Å². The Hall–Kier alpha value is -0.570. The van der Waals surface area contributed by atoms with Gasteiger partial charge in [-0.1, -0.05) is 20.8 Å². The van der Waals surface area contributed by atoms with E-state index in [4.69, 9.17) is 4.74 Å². The van der Waals surface area contributed by atoms with Gasteiger partial charge in [0.15, 0.2) is 0 Å². The van der Waals surface area contributed by atoms with Gasteiger partial charge in [0, 0.05) is 33.2 Å². The van der Waals surface area contributed by atoms with Gasteiger partial charge in [0.05, 0.1) is 0 Å². The number of carbonyl (C=O) groups is 1. The third kappa shape index (κ3) is 2.52. The van der Waals surface area contributed by atoms with E-state index < -0.39 is 0 Å². The van der Waals surface area contributed by atoms with Gasteiger partial charge in [-0.05, 0) is 85.4 Å². The van der Waals surface area contributed by atoms with E-state index in [2.05, 4.69) is 32.7 Å². The van der Waals surface area contributed by atoms with Crippen molar-refractivity contribution in [1.29, 1.82) is 0 Å². The van der Waals surface area contributed by atoms with Crippen molar-refractivity contribution in [3.63, 3.8) is 0 Å². The Morgan fingerprint density at radius 2 is 1.81 bits per heavy atom. The molecule has 0 aromatic rings. The van der Waals surface area contributed by atoms with Crippen molar-refractivity contribution in [2.75, 3.05) is 20.8 Å². The van der Waals surface area contributed by atoms with Crippen molar-refractivity contribution in [3.8, 4) is 0 Å². The lowest BCUT2D eigenvalue weighted by Crippen LogP contribution is -2.61. The zero-order chi connectivity index (χ0) is 18.7. The highest BCUT2D eigenvalue weighted by Gasteiger charge is 2.61. The van der Waals surface area contributed by atoms with Gasteiger partial charge < -0.3 is 9.64 Å². The van der Waals surface area contributed by atoms with E-state index in [0.717, 1.165) is 43.1 Å². The van der Waals surface area contributed by atoms with Crippen LogP contribution < -0.4 is 0 Å². The lowest BCUT2D eigenvalue weighted by atomic mass is 9.46. The van der Waals surface area contributed by atoms with Gasteiger partial charge in [0.25, 0.3) is 0 Å². The number of nitrogens with zero attached hydrogens (tertiary/aromatic N) is 1. The van der Waals surface area contributed by atoms with Crippen molar-refractivity contribution in [2.45, 2.75) is 78.2 Å². The van der Waals surface area contributed by atoms with Crippen LogP contribution in [0.5, 0.6) is 0 Å². The van der Waals surface area contributed by atoms with E-state index in [1.54, 1.807) is 0 Å². The number of amides is 1. The normalized spacial score (nSPS) is 49.3.